The minimum absolute atomic E-state index is 0.0596. The number of amides is 1. The highest BCUT2D eigenvalue weighted by atomic mass is 16.5. The van der Waals surface area contributed by atoms with Crippen LogP contribution in [0.15, 0.2) is 60.7 Å². The molecule has 5 atom stereocenters. The van der Waals surface area contributed by atoms with Crippen LogP contribution in [-0.4, -0.2) is 69.8 Å². The number of carbonyl (C=O) groups is 1. The van der Waals surface area contributed by atoms with Crippen LogP contribution in [0.4, 0.5) is 0 Å². The third-order valence-corrected chi connectivity index (χ3v) is 10.7. The van der Waals surface area contributed by atoms with Crippen LogP contribution >= 0.6 is 0 Å². The summed E-state index contributed by atoms with van der Waals surface area (Å²) in [6.45, 7) is 5.79. The Morgan fingerprint density at radius 3 is 2.69 bits per heavy atom. The third-order valence-electron chi connectivity index (χ3n) is 10.7. The Morgan fingerprint density at radius 1 is 1.10 bits per heavy atom. The highest BCUT2D eigenvalue weighted by Crippen LogP contribution is 2.65. The molecule has 3 aromatic carbocycles. The van der Waals surface area contributed by atoms with Gasteiger partial charge in [-0.3, -0.25) is 9.69 Å². The Kier molecular flexibility index (Phi) is 6.38. The number of phenolic OH excluding ortho intramolecular Hbond substituents is 1. The lowest BCUT2D eigenvalue weighted by molar-refractivity contribution is -0.199. The van der Waals surface area contributed by atoms with Crippen molar-refractivity contribution in [2.75, 3.05) is 20.1 Å². The normalized spacial score (nSPS) is 28.7. The number of aromatic hydroxyl groups is 1. The van der Waals surface area contributed by atoms with Gasteiger partial charge in [-0.2, -0.15) is 0 Å². The molecule has 0 aromatic heterocycles. The van der Waals surface area contributed by atoms with Crippen LogP contribution in [0.5, 0.6) is 11.5 Å². The predicted molar refractivity (Wildman–Crippen MR) is 162 cm³/mol. The van der Waals surface area contributed by atoms with Crippen molar-refractivity contribution in [3.63, 3.8) is 0 Å². The zero-order valence-corrected chi connectivity index (χ0v) is 24.6. The largest absolute Gasteiger partial charge is 0.504 e. The molecule has 2 aliphatic heterocycles. The van der Waals surface area contributed by atoms with Crippen LogP contribution in [-0.2, 0) is 23.1 Å². The van der Waals surface area contributed by atoms with E-state index in [-0.39, 0.29) is 23.7 Å². The number of phenols is 1. The first-order chi connectivity index (χ1) is 20.2. The highest BCUT2D eigenvalue weighted by Gasteiger charge is 2.73. The van der Waals surface area contributed by atoms with E-state index in [4.69, 9.17) is 4.74 Å². The number of nitrogens with zero attached hydrogens (tertiary/aromatic N) is 2. The maximum absolute atomic E-state index is 13.5. The topological polar surface area (TPSA) is 73.2 Å². The van der Waals surface area contributed by atoms with Gasteiger partial charge in [0.25, 0.3) is 5.91 Å². The van der Waals surface area contributed by atoms with Gasteiger partial charge in [-0.05, 0) is 92.9 Å². The van der Waals surface area contributed by atoms with Gasteiger partial charge in [-0.15, -0.1) is 0 Å². The lowest BCUT2D eigenvalue weighted by Gasteiger charge is -2.64. The molecule has 0 radical (unpaired) electrons. The van der Waals surface area contributed by atoms with Gasteiger partial charge in [-0.25, -0.2) is 0 Å². The molecule has 7 rings (SSSR count). The number of aryl methyl sites for hydroxylation is 2. The van der Waals surface area contributed by atoms with Crippen LogP contribution in [0, 0.1) is 25.7 Å². The van der Waals surface area contributed by atoms with Crippen molar-refractivity contribution in [3.8, 4) is 23.3 Å². The standard InChI is InChI=1S/C36H38N2O4/c1-23-9-10-26(21-24(23)2)11-14-31(40)37(3)28-15-17-36(41)30-22-27-12-13-29(39)33-32(27)35(36,34(28)42-33)18-20-38(30)19-16-25-7-5-4-6-8-25/h4-10,12-13,21,28,30,34,39,41H,15-20,22H2,1-3H3/t28-,30-,34+,35+,36-/m1/s1. The number of benzene rings is 3. The average Bonchev–Trinajstić information content (AvgIpc) is 3.34. The van der Waals surface area contributed by atoms with E-state index >= 15 is 0 Å². The zero-order valence-electron chi connectivity index (χ0n) is 24.6. The summed E-state index contributed by atoms with van der Waals surface area (Å²) in [6, 6.07) is 19.9. The van der Waals surface area contributed by atoms with E-state index in [1.807, 2.05) is 37.3 Å². The molecule has 2 aliphatic carbocycles. The van der Waals surface area contributed by atoms with Gasteiger partial charge in [0.05, 0.1) is 17.1 Å². The van der Waals surface area contributed by atoms with Gasteiger partial charge >= 0.3 is 0 Å². The molecular weight excluding hydrogens is 524 g/mol. The van der Waals surface area contributed by atoms with E-state index in [9.17, 15) is 15.0 Å². The van der Waals surface area contributed by atoms with Crippen LogP contribution < -0.4 is 4.74 Å². The number of rotatable bonds is 4. The lowest BCUT2D eigenvalue weighted by Crippen LogP contribution is -2.78. The summed E-state index contributed by atoms with van der Waals surface area (Å²) >= 11 is 0. The first kappa shape index (κ1) is 27.1. The van der Waals surface area contributed by atoms with Crippen molar-refractivity contribution in [2.24, 2.45) is 0 Å². The van der Waals surface area contributed by atoms with Gasteiger partial charge in [-0.1, -0.05) is 48.4 Å². The van der Waals surface area contributed by atoms with Crippen LogP contribution in [0.3, 0.4) is 0 Å². The number of ether oxygens (including phenoxy) is 1. The van der Waals surface area contributed by atoms with E-state index in [0.717, 1.165) is 41.8 Å². The van der Waals surface area contributed by atoms with Crippen molar-refractivity contribution in [3.05, 3.63) is 94.0 Å². The molecule has 1 spiro atoms. The Hall–Kier alpha value is -3.79. The second-order valence-electron chi connectivity index (χ2n) is 12.7. The molecule has 2 fully saturated rings. The summed E-state index contributed by atoms with van der Waals surface area (Å²) in [5.74, 6) is 6.23. The summed E-state index contributed by atoms with van der Waals surface area (Å²) < 4.78 is 6.64. The van der Waals surface area contributed by atoms with Crippen LogP contribution in [0.1, 0.15) is 52.6 Å². The Bertz CT molecular complexity index is 1620. The van der Waals surface area contributed by atoms with Gasteiger partial charge in [0.2, 0.25) is 0 Å². The summed E-state index contributed by atoms with van der Waals surface area (Å²) in [5.41, 5.74) is 4.81. The number of likely N-dealkylation sites (N-methyl/N-ethyl adjacent to an activating group) is 1. The maximum Gasteiger partial charge on any atom is 0.298 e. The first-order valence-electron chi connectivity index (χ1n) is 15.1. The third kappa shape index (κ3) is 3.91. The highest BCUT2D eigenvalue weighted by molar-refractivity contribution is 5.94. The lowest BCUT2D eigenvalue weighted by atomic mass is 9.48. The number of piperidine rings is 1. The molecule has 0 unspecified atom stereocenters. The number of hydrogen-bond donors (Lipinski definition) is 2. The predicted octanol–water partition coefficient (Wildman–Crippen LogP) is 4.28. The average molecular weight is 563 g/mol. The van der Waals surface area contributed by atoms with E-state index in [1.54, 1.807) is 18.0 Å². The molecule has 42 heavy (non-hydrogen) atoms. The second kappa shape index (κ2) is 9.90. The number of likely N-dealkylation sites (tertiary alicyclic amines) is 1. The SMILES string of the molecule is Cc1ccc(C#CC(=O)N(C)[C@@H]2CC[C@@]3(O)[C@H]4Cc5ccc(O)c6c5[C@@]3(CCN4CCc3ccccc3)[C@H]2O6)cc1C. The first-order valence-corrected chi connectivity index (χ1v) is 15.1. The summed E-state index contributed by atoms with van der Waals surface area (Å²) in [5, 5.41) is 23.7. The molecule has 1 amide bonds. The van der Waals surface area contributed by atoms with Crippen LogP contribution in [0.25, 0.3) is 0 Å². The van der Waals surface area contributed by atoms with E-state index in [1.165, 1.54) is 11.1 Å². The maximum atomic E-state index is 13.5. The second-order valence-corrected chi connectivity index (χ2v) is 12.7. The minimum Gasteiger partial charge on any atom is -0.504 e. The van der Waals surface area contributed by atoms with Crippen molar-refractivity contribution < 1.29 is 19.7 Å². The van der Waals surface area contributed by atoms with Crippen molar-refractivity contribution in [2.45, 2.75) is 75.2 Å². The number of aliphatic hydroxyl groups is 1. The summed E-state index contributed by atoms with van der Waals surface area (Å²) in [6.07, 6.45) is 3.04. The molecule has 1 saturated heterocycles. The fourth-order valence-corrected chi connectivity index (χ4v) is 8.37. The number of hydrogen-bond acceptors (Lipinski definition) is 5. The number of carbonyl (C=O) groups excluding carboxylic acids is 1. The van der Waals surface area contributed by atoms with Gasteiger partial charge < -0.3 is 19.8 Å². The van der Waals surface area contributed by atoms with E-state index in [0.29, 0.717) is 31.4 Å². The monoisotopic (exact) mass is 562 g/mol. The van der Waals surface area contributed by atoms with Gasteiger partial charge in [0.1, 0.15) is 6.10 Å². The van der Waals surface area contributed by atoms with Gasteiger partial charge in [0, 0.05) is 36.7 Å². The molecule has 2 N–H and O–H groups in total. The van der Waals surface area contributed by atoms with Crippen LogP contribution in [0.2, 0.25) is 0 Å². The molecule has 6 heteroatoms. The smallest absolute Gasteiger partial charge is 0.298 e. The molecule has 1 saturated carbocycles. The Balaban J connectivity index is 1.21. The fourth-order valence-electron chi connectivity index (χ4n) is 8.37. The molecule has 216 valence electrons. The quantitative estimate of drug-likeness (QED) is 0.465. The summed E-state index contributed by atoms with van der Waals surface area (Å²) in [4.78, 5) is 17.6. The van der Waals surface area contributed by atoms with Gasteiger partial charge in [0.15, 0.2) is 11.5 Å². The zero-order chi connectivity index (χ0) is 29.2. The van der Waals surface area contributed by atoms with Crippen molar-refractivity contribution >= 4 is 5.91 Å². The van der Waals surface area contributed by atoms with Crippen molar-refractivity contribution in [1.29, 1.82) is 0 Å². The summed E-state index contributed by atoms with van der Waals surface area (Å²) in [7, 11) is 1.80. The molecule has 6 nitrogen and oxygen atoms in total. The molecular formula is C36H38N2O4. The fraction of sp³-hybridized carbons (Fsp3) is 0.417. The molecule has 4 aliphatic rings. The van der Waals surface area contributed by atoms with Crippen molar-refractivity contribution in [1.82, 2.24) is 9.80 Å². The molecule has 2 heterocycles. The molecule has 2 bridgehead atoms. The Morgan fingerprint density at radius 2 is 1.90 bits per heavy atom. The minimum atomic E-state index is -1.02. The van der Waals surface area contributed by atoms with E-state index in [2.05, 4.69) is 47.9 Å². The van der Waals surface area contributed by atoms with E-state index < -0.39 is 17.1 Å². The molecule has 3 aromatic rings. The Labute approximate surface area is 247 Å².